The predicted octanol–water partition coefficient (Wildman–Crippen LogP) is 4.89. The Labute approximate surface area is 263 Å². The molecule has 5 rings (SSSR count). The second-order valence-electron chi connectivity index (χ2n) is 11.5. The zero-order valence-corrected chi connectivity index (χ0v) is 26.8. The SMILES string of the molecule is CC(=O)O.COc1nc(NCCCN2CCOCC2)nc(OC)c1NC(=O)c1ccc(Oc2cc3c(cc2C)CCC3(C)C)o1. The number of aliphatic carboxylic acids is 1. The van der Waals surface area contributed by atoms with Crippen molar-refractivity contribution in [2.75, 3.05) is 64.2 Å². The number of carbonyl (C=O) groups excluding carboxylic acids is 1. The van der Waals surface area contributed by atoms with Crippen LogP contribution < -0.4 is 24.8 Å². The van der Waals surface area contributed by atoms with E-state index in [1.807, 2.05) is 6.92 Å². The van der Waals surface area contributed by atoms with Gasteiger partial charge in [-0.25, -0.2) is 0 Å². The highest BCUT2D eigenvalue weighted by Gasteiger charge is 2.31. The number of nitrogens with one attached hydrogen (secondary N) is 2. The third-order valence-electron chi connectivity index (χ3n) is 7.67. The lowest BCUT2D eigenvalue weighted by Gasteiger charge is -2.26. The van der Waals surface area contributed by atoms with Gasteiger partial charge in [0, 0.05) is 32.6 Å². The lowest BCUT2D eigenvalue weighted by Crippen LogP contribution is -2.37. The smallest absolute Gasteiger partial charge is 0.300 e. The van der Waals surface area contributed by atoms with E-state index in [9.17, 15) is 4.79 Å². The average molecular weight is 626 g/mol. The van der Waals surface area contributed by atoms with Crippen LogP contribution in [0.3, 0.4) is 0 Å². The van der Waals surface area contributed by atoms with Crippen molar-refractivity contribution >= 4 is 23.5 Å². The summed E-state index contributed by atoms with van der Waals surface area (Å²) in [6.07, 6.45) is 3.09. The summed E-state index contributed by atoms with van der Waals surface area (Å²) in [6, 6.07) is 7.45. The third kappa shape index (κ3) is 8.85. The fraction of sp³-hybridized carbons (Fsp3) is 0.500. The molecule has 1 amide bonds. The molecule has 3 N–H and O–H groups in total. The van der Waals surface area contributed by atoms with E-state index in [1.165, 1.54) is 25.3 Å². The minimum absolute atomic E-state index is 0.0635. The van der Waals surface area contributed by atoms with Crippen LogP contribution in [0, 0.1) is 6.92 Å². The number of rotatable bonds is 11. The molecule has 1 saturated heterocycles. The molecule has 3 aromatic rings. The van der Waals surface area contributed by atoms with E-state index in [1.54, 1.807) is 12.1 Å². The molecule has 1 aliphatic carbocycles. The first-order valence-electron chi connectivity index (χ1n) is 15.0. The fourth-order valence-electron chi connectivity index (χ4n) is 5.29. The Morgan fingerprint density at radius 3 is 2.40 bits per heavy atom. The van der Waals surface area contributed by atoms with E-state index in [0.717, 1.165) is 64.6 Å². The fourth-order valence-corrected chi connectivity index (χ4v) is 5.29. The van der Waals surface area contributed by atoms with Gasteiger partial charge in [-0.2, -0.15) is 9.97 Å². The van der Waals surface area contributed by atoms with Crippen molar-refractivity contribution in [3.8, 4) is 23.5 Å². The summed E-state index contributed by atoms with van der Waals surface area (Å²) in [7, 11) is 2.94. The predicted molar refractivity (Wildman–Crippen MR) is 168 cm³/mol. The van der Waals surface area contributed by atoms with Crippen LogP contribution in [0.2, 0.25) is 0 Å². The van der Waals surface area contributed by atoms with Crippen LogP contribution >= 0.6 is 0 Å². The first-order chi connectivity index (χ1) is 21.5. The van der Waals surface area contributed by atoms with Gasteiger partial charge in [-0.15, -0.1) is 0 Å². The molecule has 1 fully saturated rings. The molecule has 13 heteroatoms. The number of benzene rings is 1. The van der Waals surface area contributed by atoms with Gasteiger partial charge in [0.2, 0.25) is 17.7 Å². The van der Waals surface area contributed by atoms with Crippen LogP contribution in [0.15, 0.2) is 28.7 Å². The first-order valence-corrected chi connectivity index (χ1v) is 15.0. The Hall–Kier alpha value is -4.36. The molecule has 2 aliphatic rings. The molecular weight excluding hydrogens is 582 g/mol. The Balaban J connectivity index is 0.00000109. The summed E-state index contributed by atoms with van der Waals surface area (Å²) in [4.78, 5) is 33.3. The Morgan fingerprint density at radius 1 is 1.09 bits per heavy atom. The van der Waals surface area contributed by atoms with Crippen LogP contribution in [0.1, 0.15) is 60.9 Å². The quantitative estimate of drug-likeness (QED) is 0.248. The van der Waals surface area contributed by atoms with Crippen LogP contribution in [0.4, 0.5) is 11.6 Å². The second kappa shape index (κ2) is 15.1. The van der Waals surface area contributed by atoms with Gasteiger partial charge in [0.25, 0.3) is 17.8 Å². The Morgan fingerprint density at radius 2 is 1.76 bits per heavy atom. The lowest BCUT2D eigenvalue weighted by molar-refractivity contribution is -0.134. The summed E-state index contributed by atoms with van der Waals surface area (Å²) in [5.41, 5.74) is 3.97. The number of hydrogen-bond donors (Lipinski definition) is 3. The van der Waals surface area contributed by atoms with Gasteiger partial charge in [-0.05, 0) is 67.0 Å². The highest BCUT2D eigenvalue weighted by atomic mass is 16.6. The zero-order valence-electron chi connectivity index (χ0n) is 26.8. The maximum absolute atomic E-state index is 13.1. The molecule has 0 spiro atoms. The number of carboxylic acid groups (broad SMARTS) is 1. The summed E-state index contributed by atoms with van der Waals surface area (Å²) in [5.74, 6) is 0.332. The molecule has 0 atom stereocenters. The Kier molecular flexibility index (Phi) is 11.2. The molecule has 0 saturated carbocycles. The van der Waals surface area contributed by atoms with Gasteiger partial charge in [0.05, 0.1) is 27.4 Å². The van der Waals surface area contributed by atoms with Gasteiger partial charge in [0.15, 0.2) is 11.4 Å². The number of nitrogens with zero attached hydrogens (tertiary/aromatic N) is 3. The molecule has 2 aromatic heterocycles. The van der Waals surface area contributed by atoms with Crippen LogP contribution in [-0.4, -0.2) is 85.5 Å². The number of furan rings is 1. The van der Waals surface area contributed by atoms with Gasteiger partial charge in [0.1, 0.15) is 5.75 Å². The maximum Gasteiger partial charge on any atom is 0.300 e. The first kappa shape index (κ1) is 33.5. The topological polar surface area (TPSA) is 158 Å². The van der Waals surface area contributed by atoms with Crippen LogP contribution in [0.5, 0.6) is 23.5 Å². The van der Waals surface area contributed by atoms with Crippen molar-refractivity contribution < 1.29 is 38.1 Å². The molecular formula is C32H43N5O8. The molecule has 1 aliphatic heterocycles. The number of fused-ring (bicyclic) bond motifs is 1. The van der Waals surface area contributed by atoms with Crippen molar-refractivity contribution in [2.45, 2.75) is 52.4 Å². The number of hydrogen-bond acceptors (Lipinski definition) is 11. The van der Waals surface area contributed by atoms with E-state index < -0.39 is 11.9 Å². The summed E-state index contributed by atoms with van der Waals surface area (Å²) >= 11 is 0. The third-order valence-corrected chi connectivity index (χ3v) is 7.67. The normalized spacial score (nSPS) is 15.3. The minimum Gasteiger partial charge on any atom is -0.481 e. The zero-order chi connectivity index (χ0) is 32.6. The van der Waals surface area contributed by atoms with Crippen molar-refractivity contribution in [3.05, 3.63) is 46.7 Å². The van der Waals surface area contributed by atoms with Crippen molar-refractivity contribution in [2.24, 2.45) is 0 Å². The van der Waals surface area contributed by atoms with Crippen LogP contribution in [0.25, 0.3) is 0 Å². The second-order valence-corrected chi connectivity index (χ2v) is 11.5. The lowest BCUT2D eigenvalue weighted by atomic mass is 9.86. The van der Waals surface area contributed by atoms with Crippen molar-refractivity contribution in [1.29, 1.82) is 0 Å². The van der Waals surface area contributed by atoms with E-state index in [0.29, 0.717) is 18.2 Å². The molecule has 0 radical (unpaired) electrons. The summed E-state index contributed by atoms with van der Waals surface area (Å²) in [5, 5.41) is 13.4. The number of aryl methyl sites for hydroxylation is 2. The van der Waals surface area contributed by atoms with Crippen molar-refractivity contribution in [1.82, 2.24) is 14.9 Å². The van der Waals surface area contributed by atoms with Crippen molar-refractivity contribution in [3.63, 3.8) is 0 Å². The summed E-state index contributed by atoms with van der Waals surface area (Å²) in [6.45, 7) is 12.7. The van der Waals surface area contributed by atoms with Gasteiger partial charge in [-0.3, -0.25) is 14.5 Å². The molecule has 45 heavy (non-hydrogen) atoms. The number of aromatic nitrogens is 2. The number of ether oxygens (including phenoxy) is 4. The monoisotopic (exact) mass is 625 g/mol. The van der Waals surface area contributed by atoms with Gasteiger partial charge >= 0.3 is 0 Å². The van der Waals surface area contributed by atoms with E-state index in [-0.39, 0.29) is 34.6 Å². The molecule has 3 heterocycles. The largest absolute Gasteiger partial charge is 0.481 e. The number of carbonyl (C=O) groups is 2. The van der Waals surface area contributed by atoms with Gasteiger partial charge in [-0.1, -0.05) is 19.9 Å². The average Bonchev–Trinajstić information content (AvgIpc) is 3.59. The molecule has 13 nitrogen and oxygen atoms in total. The number of amides is 1. The van der Waals surface area contributed by atoms with E-state index >= 15 is 0 Å². The maximum atomic E-state index is 13.1. The highest BCUT2D eigenvalue weighted by Crippen LogP contribution is 2.42. The molecule has 1 aromatic carbocycles. The molecule has 0 unspecified atom stereocenters. The molecule has 0 bridgehead atoms. The highest BCUT2D eigenvalue weighted by molar-refractivity contribution is 6.03. The van der Waals surface area contributed by atoms with E-state index in [2.05, 4.69) is 51.5 Å². The number of carboxylic acids is 1. The number of anilines is 2. The molecule has 244 valence electrons. The number of methoxy groups -OCH3 is 2. The standard InChI is InChI=1S/C30H39N5O6.C2H4O2/c1-19-17-20-9-10-30(2,3)21(20)18-23(19)41-24-8-7-22(40-24)26(36)32-25-27(37-4)33-29(34-28(25)38-5)31-11-6-12-35-13-15-39-16-14-35;1-2(3)4/h7-8,17-18H,6,9-16H2,1-5H3,(H,32,36)(H,31,33,34);1H3,(H,3,4). The van der Waals surface area contributed by atoms with Crippen LogP contribution in [-0.2, 0) is 21.4 Å². The minimum atomic E-state index is -0.833. The van der Waals surface area contributed by atoms with E-state index in [4.69, 9.17) is 33.3 Å². The Bertz CT molecular complexity index is 1450. The van der Waals surface area contributed by atoms with Gasteiger partial charge < -0.3 is 39.1 Å². The number of morpholine rings is 1. The summed E-state index contributed by atoms with van der Waals surface area (Å²) < 4.78 is 28.1.